The lowest BCUT2D eigenvalue weighted by molar-refractivity contribution is -0.343. The zero-order valence-electron chi connectivity index (χ0n) is 10.5. The molecule has 0 bridgehead atoms. The number of anilines is 1. The Kier molecular flexibility index (Phi) is 4.35. The lowest BCUT2D eigenvalue weighted by Gasteiger charge is -2.26. The average molecular weight is 425 g/mol. The first-order chi connectivity index (χ1) is 10.4. The van der Waals surface area contributed by atoms with Gasteiger partial charge in [-0.3, -0.25) is 10.1 Å². The van der Waals surface area contributed by atoms with Crippen molar-refractivity contribution in [3.05, 3.63) is 22.7 Å². The van der Waals surface area contributed by atoms with Crippen molar-refractivity contribution in [1.82, 2.24) is 4.98 Å². The first-order valence-corrected chi connectivity index (χ1v) is 7.17. The Balaban J connectivity index is 2.29. The number of benzene rings is 1. The number of alkyl halides is 7. The molecular weight excluding hydrogens is 421 g/mol. The van der Waals surface area contributed by atoms with Crippen LogP contribution in [0.1, 0.15) is 0 Å². The first kappa shape index (κ1) is 17.9. The monoisotopic (exact) mass is 424 g/mol. The minimum atomic E-state index is -6.58. The predicted octanol–water partition coefficient (Wildman–Crippen LogP) is 4.83. The molecule has 0 spiro atoms. The van der Waals surface area contributed by atoms with Gasteiger partial charge in [-0.1, -0.05) is 27.3 Å². The summed E-state index contributed by atoms with van der Waals surface area (Å²) in [6, 6.07) is 4.49. The highest BCUT2D eigenvalue weighted by Gasteiger charge is 2.76. The summed E-state index contributed by atoms with van der Waals surface area (Å²) in [5, 5.41) is 0.765. The largest absolute Gasteiger partial charge is 0.460 e. The Bertz CT molecular complexity index is 758. The summed E-state index contributed by atoms with van der Waals surface area (Å²) in [5.41, 5.74) is 0.249. The SMILES string of the molecule is O=C(Nc1nc2ccc(Br)cc2s1)C(F)(F)C(F)(F)C(F)(F)F. The van der Waals surface area contributed by atoms with Gasteiger partial charge in [-0.15, -0.1) is 0 Å². The molecular formula is C11H4BrF7N2OS. The molecule has 1 aromatic heterocycles. The number of nitrogens with zero attached hydrogens (tertiary/aromatic N) is 1. The quantitative estimate of drug-likeness (QED) is 0.717. The van der Waals surface area contributed by atoms with Crippen molar-refractivity contribution < 1.29 is 35.5 Å². The summed E-state index contributed by atoms with van der Waals surface area (Å²) < 4.78 is 88.9. The van der Waals surface area contributed by atoms with Crippen molar-refractivity contribution >= 4 is 48.5 Å². The minimum absolute atomic E-state index is 0.249. The van der Waals surface area contributed by atoms with E-state index < -0.39 is 29.1 Å². The van der Waals surface area contributed by atoms with Gasteiger partial charge in [-0.05, 0) is 18.2 Å². The Labute approximate surface area is 135 Å². The zero-order valence-corrected chi connectivity index (χ0v) is 12.9. The van der Waals surface area contributed by atoms with E-state index in [1.165, 1.54) is 17.4 Å². The van der Waals surface area contributed by atoms with E-state index in [0.717, 1.165) is 0 Å². The molecule has 23 heavy (non-hydrogen) atoms. The average Bonchev–Trinajstić information content (AvgIpc) is 2.78. The first-order valence-electron chi connectivity index (χ1n) is 5.56. The van der Waals surface area contributed by atoms with Crippen LogP contribution in [0.3, 0.4) is 0 Å². The topological polar surface area (TPSA) is 42.0 Å². The van der Waals surface area contributed by atoms with Crippen molar-refractivity contribution in [3.8, 4) is 0 Å². The highest BCUT2D eigenvalue weighted by atomic mass is 79.9. The molecule has 0 aliphatic carbocycles. The molecule has 0 aliphatic rings. The number of carbonyl (C=O) groups is 1. The van der Waals surface area contributed by atoms with Gasteiger partial charge in [0.1, 0.15) is 0 Å². The highest BCUT2D eigenvalue weighted by Crippen LogP contribution is 2.47. The van der Waals surface area contributed by atoms with Crippen LogP contribution in [0.15, 0.2) is 22.7 Å². The van der Waals surface area contributed by atoms with Crippen LogP contribution in [0.5, 0.6) is 0 Å². The number of hydrogen-bond donors (Lipinski definition) is 1. The van der Waals surface area contributed by atoms with Crippen LogP contribution in [0, 0.1) is 0 Å². The molecule has 1 aromatic carbocycles. The molecule has 0 unspecified atom stereocenters. The number of rotatable bonds is 3. The lowest BCUT2D eigenvalue weighted by Crippen LogP contribution is -2.57. The molecule has 12 heteroatoms. The third-order valence-corrected chi connectivity index (χ3v) is 4.03. The molecule has 0 aliphatic heterocycles. The summed E-state index contributed by atoms with van der Waals surface area (Å²) >= 11 is 3.76. The fourth-order valence-corrected chi connectivity index (χ4v) is 2.86. The van der Waals surface area contributed by atoms with Gasteiger partial charge >= 0.3 is 23.9 Å². The maximum absolute atomic E-state index is 13.2. The van der Waals surface area contributed by atoms with Crippen molar-refractivity contribution in [1.29, 1.82) is 0 Å². The number of amides is 1. The van der Waals surface area contributed by atoms with Gasteiger partial charge in [0.05, 0.1) is 10.2 Å². The van der Waals surface area contributed by atoms with Crippen LogP contribution in [-0.2, 0) is 4.79 Å². The van der Waals surface area contributed by atoms with Gasteiger partial charge in [-0.2, -0.15) is 30.7 Å². The number of fused-ring (bicyclic) bond motifs is 1. The second kappa shape index (κ2) is 5.58. The summed E-state index contributed by atoms with van der Waals surface area (Å²) in [6.45, 7) is 0. The molecule has 2 aromatic rings. The maximum atomic E-state index is 13.2. The van der Waals surface area contributed by atoms with E-state index >= 15 is 0 Å². The number of nitrogens with one attached hydrogen (secondary N) is 1. The van der Waals surface area contributed by atoms with Gasteiger partial charge in [0.2, 0.25) is 0 Å². The van der Waals surface area contributed by atoms with Crippen LogP contribution in [-0.4, -0.2) is 28.9 Å². The molecule has 0 saturated heterocycles. The van der Waals surface area contributed by atoms with Gasteiger partial charge in [0, 0.05) is 4.47 Å². The number of halogens is 8. The second-order valence-corrected chi connectivity index (χ2v) is 6.18. The van der Waals surface area contributed by atoms with Crippen LogP contribution >= 0.6 is 27.3 Å². The standard InChI is InChI=1S/C11H4BrF7N2OS/c12-4-1-2-5-6(3-4)23-8(20-5)21-7(22)9(13,14)10(15,16)11(17,18)19/h1-3H,(H,20,21,22). The maximum Gasteiger partial charge on any atom is 0.460 e. The van der Waals surface area contributed by atoms with Crippen LogP contribution in [0.25, 0.3) is 10.2 Å². The molecule has 126 valence electrons. The minimum Gasteiger partial charge on any atom is -0.296 e. The Hall–Kier alpha value is -1.43. The third kappa shape index (κ3) is 3.13. The molecule has 1 amide bonds. The van der Waals surface area contributed by atoms with Crippen molar-refractivity contribution in [2.75, 3.05) is 5.32 Å². The summed E-state index contributed by atoms with van der Waals surface area (Å²) in [7, 11) is 0. The molecule has 0 radical (unpaired) electrons. The van der Waals surface area contributed by atoms with Crippen molar-refractivity contribution in [2.24, 2.45) is 0 Å². The van der Waals surface area contributed by atoms with Gasteiger partial charge in [0.15, 0.2) is 5.13 Å². The van der Waals surface area contributed by atoms with Gasteiger partial charge < -0.3 is 0 Å². The van der Waals surface area contributed by atoms with E-state index in [0.29, 0.717) is 20.5 Å². The van der Waals surface area contributed by atoms with E-state index in [1.807, 2.05) is 0 Å². The Morgan fingerprint density at radius 2 is 1.74 bits per heavy atom. The number of aromatic nitrogens is 1. The lowest BCUT2D eigenvalue weighted by atomic mass is 10.1. The van der Waals surface area contributed by atoms with Crippen LogP contribution < -0.4 is 5.32 Å². The predicted molar refractivity (Wildman–Crippen MR) is 71.9 cm³/mol. The number of thiazole rings is 1. The van der Waals surface area contributed by atoms with Gasteiger partial charge in [0.25, 0.3) is 0 Å². The smallest absolute Gasteiger partial charge is 0.296 e. The Morgan fingerprint density at radius 1 is 1.13 bits per heavy atom. The van der Waals surface area contributed by atoms with Gasteiger partial charge in [-0.25, -0.2) is 4.98 Å². The summed E-state index contributed by atoms with van der Waals surface area (Å²) in [5.74, 6) is -15.3. The van der Waals surface area contributed by atoms with Crippen molar-refractivity contribution in [3.63, 3.8) is 0 Å². The molecule has 0 fully saturated rings. The third-order valence-electron chi connectivity index (χ3n) is 2.61. The van der Waals surface area contributed by atoms with E-state index in [4.69, 9.17) is 0 Å². The van der Waals surface area contributed by atoms with Crippen LogP contribution in [0.4, 0.5) is 35.9 Å². The number of hydrogen-bond acceptors (Lipinski definition) is 3. The Morgan fingerprint density at radius 3 is 2.30 bits per heavy atom. The summed E-state index contributed by atoms with van der Waals surface area (Å²) in [6.07, 6.45) is -6.58. The van der Waals surface area contributed by atoms with Crippen LogP contribution in [0.2, 0.25) is 0 Å². The number of carbonyl (C=O) groups excluding carboxylic acids is 1. The molecule has 0 saturated carbocycles. The zero-order chi connectivity index (χ0) is 17.6. The fourth-order valence-electron chi connectivity index (χ4n) is 1.45. The normalized spacial score (nSPS) is 13.4. The molecule has 3 nitrogen and oxygen atoms in total. The fraction of sp³-hybridized carbons (Fsp3) is 0.273. The highest BCUT2D eigenvalue weighted by molar-refractivity contribution is 9.10. The van der Waals surface area contributed by atoms with E-state index in [2.05, 4.69) is 20.9 Å². The van der Waals surface area contributed by atoms with E-state index in [-0.39, 0.29) is 5.52 Å². The molecule has 1 N–H and O–H groups in total. The van der Waals surface area contributed by atoms with Crippen molar-refractivity contribution in [2.45, 2.75) is 18.0 Å². The molecule has 0 atom stereocenters. The summed E-state index contributed by atoms with van der Waals surface area (Å²) in [4.78, 5) is 14.8. The molecule has 2 rings (SSSR count). The van der Waals surface area contributed by atoms with E-state index in [1.54, 1.807) is 6.07 Å². The second-order valence-electron chi connectivity index (χ2n) is 4.23. The van der Waals surface area contributed by atoms with E-state index in [9.17, 15) is 35.5 Å². The molecule has 1 heterocycles.